The number of piperidine rings is 1. The Labute approximate surface area is 122 Å². The summed E-state index contributed by atoms with van der Waals surface area (Å²) >= 11 is 0. The first-order valence-corrected chi connectivity index (χ1v) is 6.97. The van der Waals surface area contributed by atoms with E-state index in [1.54, 1.807) is 17.0 Å². The molecule has 0 aromatic carbocycles. The molecule has 2 N–H and O–H groups in total. The summed E-state index contributed by atoms with van der Waals surface area (Å²) in [5, 5.41) is 11.7. The van der Waals surface area contributed by atoms with Gasteiger partial charge in [0, 0.05) is 19.2 Å². The minimum Gasteiger partial charge on any atom is -0.481 e. The van der Waals surface area contributed by atoms with E-state index in [2.05, 4.69) is 10.3 Å². The lowest BCUT2D eigenvalue weighted by molar-refractivity contribution is -0.143. The summed E-state index contributed by atoms with van der Waals surface area (Å²) in [6.07, 6.45) is 2.52. The number of hydrogen-bond donors (Lipinski definition) is 2. The zero-order valence-corrected chi connectivity index (χ0v) is 11.9. The van der Waals surface area contributed by atoms with Crippen molar-refractivity contribution in [1.29, 1.82) is 0 Å². The smallest absolute Gasteiger partial charge is 0.321 e. The van der Waals surface area contributed by atoms with Crippen LogP contribution in [0.3, 0.4) is 0 Å². The number of hydrogen-bond acceptors (Lipinski definition) is 4. The molecule has 1 aromatic heterocycles. The third-order valence-corrected chi connectivity index (χ3v) is 3.41. The highest BCUT2D eigenvalue weighted by atomic mass is 16.5. The summed E-state index contributed by atoms with van der Waals surface area (Å²) in [5.74, 6) is -0.621. The van der Waals surface area contributed by atoms with E-state index in [1.165, 1.54) is 6.20 Å². The molecule has 0 spiro atoms. The normalized spacial score (nSPS) is 15.6. The number of rotatable bonds is 4. The zero-order chi connectivity index (χ0) is 15.2. The number of carboxylic acid groups (broad SMARTS) is 1. The summed E-state index contributed by atoms with van der Waals surface area (Å²) in [5.41, 5.74) is 0.587. The van der Waals surface area contributed by atoms with Crippen LogP contribution in [0.4, 0.5) is 10.5 Å². The number of carboxylic acids is 1. The largest absolute Gasteiger partial charge is 0.481 e. The molecule has 0 aliphatic carbocycles. The Morgan fingerprint density at radius 2 is 2.14 bits per heavy atom. The van der Waals surface area contributed by atoms with Crippen LogP contribution in [0, 0.1) is 5.92 Å². The van der Waals surface area contributed by atoms with Crippen molar-refractivity contribution < 1.29 is 19.4 Å². The Kier molecular flexibility index (Phi) is 4.97. The number of carbonyl (C=O) groups is 2. The van der Waals surface area contributed by atoms with E-state index < -0.39 is 5.97 Å². The van der Waals surface area contributed by atoms with E-state index in [-0.39, 0.29) is 11.9 Å². The molecular weight excluding hydrogens is 274 g/mol. The Balaban J connectivity index is 1.85. The van der Waals surface area contributed by atoms with Crippen LogP contribution in [-0.4, -0.2) is 46.7 Å². The third-order valence-electron chi connectivity index (χ3n) is 3.41. The van der Waals surface area contributed by atoms with Gasteiger partial charge in [0.1, 0.15) is 0 Å². The number of aromatic nitrogens is 1. The molecule has 0 atom stereocenters. The maximum absolute atomic E-state index is 12.1. The second kappa shape index (κ2) is 6.92. The first kappa shape index (κ1) is 15.1. The molecule has 7 nitrogen and oxygen atoms in total. The van der Waals surface area contributed by atoms with Gasteiger partial charge in [0.2, 0.25) is 5.88 Å². The molecule has 114 valence electrons. The van der Waals surface area contributed by atoms with Crippen LogP contribution in [0.2, 0.25) is 0 Å². The molecule has 1 aliphatic heterocycles. The van der Waals surface area contributed by atoms with Crippen molar-refractivity contribution in [3.8, 4) is 5.88 Å². The Morgan fingerprint density at radius 3 is 2.67 bits per heavy atom. The summed E-state index contributed by atoms with van der Waals surface area (Å²) in [6.45, 7) is 3.32. The minimum atomic E-state index is -0.786. The van der Waals surface area contributed by atoms with E-state index in [0.717, 1.165) is 0 Å². The maximum Gasteiger partial charge on any atom is 0.321 e. The minimum absolute atomic E-state index is 0.232. The molecular formula is C14H19N3O4. The number of pyridine rings is 1. The lowest BCUT2D eigenvalue weighted by atomic mass is 9.97. The SMILES string of the molecule is CCOc1ccc(NC(=O)N2CCC(C(=O)O)CC2)cn1. The summed E-state index contributed by atoms with van der Waals surface area (Å²) in [4.78, 5) is 28.6. The van der Waals surface area contributed by atoms with Gasteiger partial charge in [-0.2, -0.15) is 0 Å². The predicted molar refractivity (Wildman–Crippen MR) is 76.4 cm³/mol. The van der Waals surface area contributed by atoms with Crippen molar-refractivity contribution in [3.05, 3.63) is 18.3 Å². The molecule has 2 rings (SSSR count). The van der Waals surface area contributed by atoms with Crippen molar-refractivity contribution in [2.24, 2.45) is 5.92 Å². The average molecular weight is 293 g/mol. The molecule has 0 radical (unpaired) electrons. The lowest BCUT2D eigenvalue weighted by Crippen LogP contribution is -2.42. The van der Waals surface area contributed by atoms with Gasteiger partial charge in [-0.15, -0.1) is 0 Å². The van der Waals surface area contributed by atoms with Gasteiger partial charge in [-0.05, 0) is 25.8 Å². The average Bonchev–Trinajstić information content (AvgIpc) is 2.49. The van der Waals surface area contributed by atoms with Gasteiger partial charge in [-0.1, -0.05) is 0 Å². The van der Waals surface area contributed by atoms with E-state index in [1.807, 2.05) is 6.92 Å². The van der Waals surface area contributed by atoms with Crippen molar-refractivity contribution >= 4 is 17.7 Å². The lowest BCUT2D eigenvalue weighted by Gasteiger charge is -2.30. The fraction of sp³-hybridized carbons (Fsp3) is 0.500. The molecule has 0 bridgehead atoms. The van der Waals surface area contributed by atoms with Gasteiger partial charge in [0.15, 0.2) is 0 Å². The first-order chi connectivity index (χ1) is 10.1. The summed E-state index contributed by atoms with van der Waals surface area (Å²) in [7, 11) is 0. The van der Waals surface area contributed by atoms with E-state index >= 15 is 0 Å². The molecule has 1 fully saturated rings. The molecule has 1 aromatic rings. The van der Waals surface area contributed by atoms with E-state index in [4.69, 9.17) is 9.84 Å². The van der Waals surface area contributed by atoms with Crippen LogP contribution in [0.15, 0.2) is 18.3 Å². The molecule has 21 heavy (non-hydrogen) atoms. The molecule has 1 aliphatic rings. The van der Waals surface area contributed by atoms with Crippen molar-refractivity contribution in [1.82, 2.24) is 9.88 Å². The van der Waals surface area contributed by atoms with Gasteiger partial charge in [0.05, 0.1) is 24.4 Å². The molecule has 2 amide bonds. The highest BCUT2D eigenvalue weighted by molar-refractivity contribution is 5.89. The number of ether oxygens (including phenoxy) is 1. The number of amides is 2. The Hall–Kier alpha value is -2.31. The van der Waals surface area contributed by atoms with Crippen LogP contribution >= 0.6 is 0 Å². The van der Waals surface area contributed by atoms with E-state index in [0.29, 0.717) is 44.1 Å². The molecule has 0 saturated carbocycles. The molecule has 1 saturated heterocycles. The van der Waals surface area contributed by atoms with Crippen molar-refractivity contribution in [3.63, 3.8) is 0 Å². The summed E-state index contributed by atoms with van der Waals surface area (Å²) < 4.78 is 5.23. The number of likely N-dealkylation sites (tertiary alicyclic amines) is 1. The van der Waals surface area contributed by atoms with Crippen LogP contribution in [0.5, 0.6) is 5.88 Å². The predicted octanol–water partition coefficient (Wildman–Crippen LogP) is 1.81. The number of nitrogens with one attached hydrogen (secondary N) is 1. The van der Waals surface area contributed by atoms with Gasteiger partial charge in [-0.25, -0.2) is 9.78 Å². The van der Waals surface area contributed by atoms with Crippen LogP contribution in [-0.2, 0) is 4.79 Å². The van der Waals surface area contributed by atoms with Crippen molar-refractivity contribution in [2.75, 3.05) is 25.0 Å². The van der Waals surface area contributed by atoms with Crippen LogP contribution in [0.1, 0.15) is 19.8 Å². The van der Waals surface area contributed by atoms with Crippen LogP contribution < -0.4 is 10.1 Å². The first-order valence-electron chi connectivity index (χ1n) is 6.97. The highest BCUT2D eigenvalue weighted by Crippen LogP contribution is 2.18. The number of carbonyl (C=O) groups excluding carboxylic acids is 1. The van der Waals surface area contributed by atoms with Crippen LogP contribution in [0.25, 0.3) is 0 Å². The standard InChI is InChI=1S/C14H19N3O4/c1-2-21-12-4-3-11(9-15-12)16-14(20)17-7-5-10(6-8-17)13(18)19/h3-4,9-10H,2,5-8H2,1H3,(H,16,20)(H,18,19). The monoisotopic (exact) mass is 293 g/mol. The fourth-order valence-corrected chi connectivity index (χ4v) is 2.22. The number of nitrogens with zero attached hydrogens (tertiary/aromatic N) is 2. The summed E-state index contributed by atoms with van der Waals surface area (Å²) in [6, 6.07) is 3.18. The quantitative estimate of drug-likeness (QED) is 0.883. The Bertz CT molecular complexity index is 495. The molecule has 0 unspecified atom stereocenters. The highest BCUT2D eigenvalue weighted by Gasteiger charge is 2.26. The Morgan fingerprint density at radius 1 is 1.43 bits per heavy atom. The second-order valence-electron chi connectivity index (χ2n) is 4.85. The van der Waals surface area contributed by atoms with E-state index in [9.17, 15) is 9.59 Å². The van der Waals surface area contributed by atoms with Crippen molar-refractivity contribution in [2.45, 2.75) is 19.8 Å². The number of urea groups is 1. The number of aliphatic carboxylic acids is 1. The topological polar surface area (TPSA) is 91.8 Å². The molecule has 2 heterocycles. The fourth-order valence-electron chi connectivity index (χ4n) is 2.22. The number of anilines is 1. The van der Waals surface area contributed by atoms with Gasteiger partial charge in [0.25, 0.3) is 0 Å². The van der Waals surface area contributed by atoms with Gasteiger partial charge in [-0.3, -0.25) is 4.79 Å². The zero-order valence-electron chi connectivity index (χ0n) is 11.9. The third kappa shape index (κ3) is 4.08. The molecule has 7 heteroatoms. The van der Waals surface area contributed by atoms with Gasteiger partial charge < -0.3 is 20.1 Å². The second-order valence-corrected chi connectivity index (χ2v) is 4.85. The maximum atomic E-state index is 12.1. The van der Waals surface area contributed by atoms with Gasteiger partial charge >= 0.3 is 12.0 Å².